The predicted octanol–water partition coefficient (Wildman–Crippen LogP) is 4.26. The molecule has 0 aromatic carbocycles. The second-order valence-corrected chi connectivity index (χ2v) is 5.09. The number of ether oxygens (including phenoxy) is 1. The number of carbonyl (C=O) groups excluding carboxylic acids is 1. The number of aliphatic carboxylic acids is 1. The van der Waals surface area contributed by atoms with Crippen LogP contribution in [0.4, 0.5) is 0 Å². The number of carboxylic acid groups (broad SMARTS) is 1. The molecule has 0 aliphatic carbocycles. The van der Waals surface area contributed by atoms with Gasteiger partial charge in [-0.2, -0.15) is 0 Å². The maximum Gasteiger partial charge on any atom is 0.0901 e. The SMILES string of the molecule is CCCC/C=C\O/C=C/C=C\CCCCCCCC(=O)[O-]. The molecular weight excluding hydrogens is 264 g/mol. The fourth-order valence-electron chi connectivity index (χ4n) is 1.82. The van der Waals surface area contributed by atoms with Crippen LogP contribution in [-0.4, -0.2) is 5.97 Å². The van der Waals surface area contributed by atoms with E-state index in [0.29, 0.717) is 0 Å². The number of hydrogen-bond donors (Lipinski definition) is 0. The Bertz CT molecular complexity index is 316. The topological polar surface area (TPSA) is 49.4 Å². The summed E-state index contributed by atoms with van der Waals surface area (Å²) in [5.41, 5.74) is 0. The molecule has 0 N–H and O–H groups in total. The van der Waals surface area contributed by atoms with Crippen LogP contribution in [0.1, 0.15) is 71.1 Å². The summed E-state index contributed by atoms with van der Waals surface area (Å²) in [5, 5.41) is 10.2. The molecule has 0 radical (unpaired) electrons. The van der Waals surface area contributed by atoms with Crippen LogP contribution in [0.3, 0.4) is 0 Å². The van der Waals surface area contributed by atoms with Crippen LogP contribution in [0.5, 0.6) is 0 Å². The van der Waals surface area contributed by atoms with Crippen molar-refractivity contribution in [2.75, 3.05) is 0 Å². The van der Waals surface area contributed by atoms with E-state index in [1.54, 1.807) is 12.5 Å². The highest BCUT2D eigenvalue weighted by Crippen LogP contribution is 2.07. The number of rotatable bonds is 14. The van der Waals surface area contributed by atoms with Crippen molar-refractivity contribution in [2.24, 2.45) is 0 Å². The third kappa shape index (κ3) is 18.5. The quantitative estimate of drug-likeness (QED) is 0.273. The normalized spacial score (nSPS) is 11.9. The Morgan fingerprint density at radius 1 is 0.905 bits per heavy atom. The third-order valence-corrected chi connectivity index (χ3v) is 3.06. The number of hydrogen-bond acceptors (Lipinski definition) is 3. The van der Waals surface area contributed by atoms with Crippen LogP contribution in [-0.2, 0) is 9.53 Å². The monoisotopic (exact) mass is 293 g/mol. The molecule has 0 fully saturated rings. The molecule has 0 saturated heterocycles. The van der Waals surface area contributed by atoms with Crippen molar-refractivity contribution in [3.05, 3.63) is 36.8 Å². The Kier molecular flexibility index (Phi) is 15.4. The molecular formula is C18H29O3-. The van der Waals surface area contributed by atoms with Crippen LogP contribution < -0.4 is 5.11 Å². The van der Waals surface area contributed by atoms with Gasteiger partial charge >= 0.3 is 0 Å². The Labute approximate surface area is 129 Å². The molecule has 0 amide bonds. The van der Waals surface area contributed by atoms with Gasteiger partial charge in [0.15, 0.2) is 0 Å². The first kappa shape index (κ1) is 19.5. The maximum absolute atomic E-state index is 10.2. The van der Waals surface area contributed by atoms with E-state index in [-0.39, 0.29) is 6.42 Å². The van der Waals surface area contributed by atoms with E-state index in [2.05, 4.69) is 13.0 Å². The Balaban J connectivity index is 3.28. The van der Waals surface area contributed by atoms with Crippen molar-refractivity contribution < 1.29 is 14.6 Å². The van der Waals surface area contributed by atoms with Crippen molar-refractivity contribution in [1.82, 2.24) is 0 Å². The van der Waals surface area contributed by atoms with Gasteiger partial charge in [0.25, 0.3) is 0 Å². The van der Waals surface area contributed by atoms with Crippen LogP contribution in [0, 0.1) is 0 Å². The van der Waals surface area contributed by atoms with E-state index >= 15 is 0 Å². The molecule has 0 aliphatic heterocycles. The van der Waals surface area contributed by atoms with E-state index in [1.165, 1.54) is 12.8 Å². The number of unbranched alkanes of at least 4 members (excludes halogenated alkanes) is 7. The lowest BCUT2D eigenvalue weighted by molar-refractivity contribution is -0.305. The first-order valence-electron chi connectivity index (χ1n) is 8.09. The van der Waals surface area contributed by atoms with Crippen molar-refractivity contribution >= 4 is 5.97 Å². The fraction of sp³-hybridized carbons (Fsp3) is 0.611. The maximum atomic E-state index is 10.2. The highest BCUT2D eigenvalue weighted by molar-refractivity contribution is 5.63. The smallest absolute Gasteiger partial charge is 0.0901 e. The fourth-order valence-corrected chi connectivity index (χ4v) is 1.82. The largest absolute Gasteiger partial charge is 0.550 e. The van der Waals surface area contributed by atoms with Gasteiger partial charge < -0.3 is 14.6 Å². The predicted molar refractivity (Wildman–Crippen MR) is 85.4 cm³/mol. The van der Waals surface area contributed by atoms with Gasteiger partial charge in [-0.3, -0.25) is 0 Å². The molecule has 0 unspecified atom stereocenters. The Morgan fingerprint density at radius 3 is 2.38 bits per heavy atom. The molecule has 120 valence electrons. The van der Waals surface area contributed by atoms with Gasteiger partial charge in [-0.05, 0) is 50.7 Å². The molecule has 0 spiro atoms. The van der Waals surface area contributed by atoms with Crippen molar-refractivity contribution in [3.63, 3.8) is 0 Å². The minimum absolute atomic E-state index is 0.192. The van der Waals surface area contributed by atoms with E-state index in [4.69, 9.17) is 4.74 Å². The van der Waals surface area contributed by atoms with Crippen molar-refractivity contribution in [3.8, 4) is 0 Å². The Morgan fingerprint density at radius 2 is 1.62 bits per heavy atom. The Hall–Kier alpha value is -1.51. The summed E-state index contributed by atoms with van der Waals surface area (Å²) in [7, 11) is 0. The molecule has 3 heteroatoms. The summed E-state index contributed by atoms with van der Waals surface area (Å²) in [6.07, 6.45) is 21.3. The minimum atomic E-state index is -0.938. The zero-order valence-corrected chi connectivity index (χ0v) is 13.3. The van der Waals surface area contributed by atoms with Gasteiger partial charge in [-0.15, -0.1) is 0 Å². The van der Waals surface area contributed by atoms with Gasteiger partial charge in [-0.1, -0.05) is 44.8 Å². The standard InChI is InChI=1S/C18H30O3/c1-2-3-4-13-16-21-17-14-11-9-7-5-6-8-10-12-15-18(19)20/h9,11,13-14,16-17H,2-8,10,12,15H2,1H3,(H,19,20)/p-1/b11-9-,16-13-,17-14+. The zero-order valence-electron chi connectivity index (χ0n) is 13.3. The number of allylic oxidation sites excluding steroid dienone is 4. The number of carboxylic acids is 1. The zero-order chi connectivity index (χ0) is 15.6. The molecule has 0 saturated carbocycles. The lowest BCUT2D eigenvalue weighted by Crippen LogP contribution is -2.21. The van der Waals surface area contributed by atoms with Gasteiger partial charge in [0.05, 0.1) is 12.5 Å². The summed E-state index contributed by atoms with van der Waals surface area (Å²) in [6.45, 7) is 2.17. The average molecular weight is 293 g/mol. The third-order valence-electron chi connectivity index (χ3n) is 3.06. The molecule has 0 rings (SSSR count). The summed E-state index contributed by atoms with van der Waals surface area (Å²) in [6, 6.07) is 0. The summed E-state index contributed by atoms with van der Waals surface area (Å²) >= 11 is 0. The van der Waals surface area contributed by atoms with Crippen LogP contribution >= 0.6 is 0 Å². The van der Waals surface area contributed by atoms with Crippen molar-refractivity contribution in [1.29, 1.82) is 0 Å². The molecule has 21 heavy (non-hydrogen) atoms. The second kappa shape index (κ2) is 16.5. The molecule has 0 aromatic heterocycles. The second-order valence-electron chi connectivity index (χ2n) is 5.09. The van der Waals surface area contributed by atoms with Gasteiger partial charge in [-0.25, -0.2) is 0 Å². The lowest BCUT2D eigenvalue weighted by atomic mass is 10.1. The van der Waals surface area contributed by atoms with Crippen LogP contribution in [0.2, 0.25) is 0 Å². The van der Waals surface area contributed by atoms with Gasteiger partial charge in [0, 0.05) is 5.97 Å². The first-order chi connectivity index (χ1) is 10.3. The average Bonchev–Trinajstić information content (AvgIpc) is 2.46. The van der Waals surface area contributed by atoms with Crippen LogP contribution in [0.15, 0.2) is 36.8 Å². The summed E-state index contributed by atoms with van der Waals surface area (Å²) in [4.78, 5) is 10.2. The lowest BCUT2D eigenvalue weighted by Gasteiger charge is -2.01. The highest BCUT2D eigenvalue weighted by Gasteiger charge is 1.90. The molecule has 3 nitrogen and oxygen atoms in total. The number of carbonyl (C=O) groups is 1. The molecule has 0 atom stereocenters. The van der Waals surface area contributed by atoms with Crippen molar-refractivity contribution in [2.45, 2.75) is 71.1 Å². The van der Waals surface area contributed by atoms with Gasteiger partial charge in [0.2, 0.25) is 0 Å². The molecule has 0 aromatic rings. The molecule has 0 heterocycles. The van der Waals surface area contributed by atoms with Crippen LogP contribution in [0.25, 0.3) is 0 Å². The van der Waals surface area contributed by atoms with Gasteiger partial charge in [0.1, 0.15) is 0 Å². The van der Waals surface area contributed by atoms with E-state index < -0.39 is 5.97 Å². The molecule has 0 aliphatic rings. The van der Waals surface area contributed by atoms with E-state index in [0.717, 1.165) is 44.9 Å². The summed E-state index contributed by atoms with van der Waals surface area (Å²) < 4.78 is 5.21. The summed E-state index contributed by atoms with van der Waals surface area (Å²) in [5.74, 6) is -0.938. The van der Waals surface area contributed by atoms with E-state index in [9.17, 15) is 9.90 Å². The first-order valence-corrected chi connectivity index (χ1v) is 8.09. The highest BCUT2D eigenvalue weighted by atomic mass is 16.5. The molecule has 0 bridgehead atoms. The van der Waals surface area contributed by atoms with E-state index in [1.807, 2.05) is 18.2 Å². The minimum Gasteiger partial charge on any atom is -0.550 e.